The summed E-state index contributed by atoms with van der Waals surface area (Å²) < 4.78 is 5.49. The number of urea groups is 1. The molecular formula is C17H25N3O3. The van der Waals surface area contributed by atoms with Gasteiger partial charge >= 0.3 is 12.1 Å². The van der Waals surface area contributed by atoms with Crippen LogP contribution in [-0.2, 0) is 10.3 Å². The predicted octanol–water partition coefficient (Wildman–Crippen LogP) is 2.58. The minimum atomic E-state index is -0.558. The van der Waals surface area contributed by atoms with Crippen LogP contribution in [0.4, 0.5) is 9.59 Å². The van der Waals surface area contributed by atoms with Gasteiger partial charge < -0.3 is 20.7 Å². The average molecular weight is 319 g/mol. The third-order valence-electron chi connectivity index (χ3n) is 4.14. The number of nitrogens with zero attached hydrogens (tertiary/aromatic N) is 1. The molecule has 0 atom stereocenters. The summed E-state index contributed by atoms with van der Waals surface area (Å²) in [5, 5.41) is 2.71. The molecule has 0 aliphatic heterocycles. The fraction of sp³-hybridized carbons (Fsp3) is 0.529. The van der Waals surface area contributed by atoms with Gasteiger partial charge in [0.2, 0.25) is 0 Å². The van der Waals surface area contributed by atoms with E-state index in [1.165, 1.54) is 0 Å². The van der Waals surface area contributed by atoms with Crippen molar-refractivity contribution in [3.05, 3.63) is 35.9 Å². The minimum absolute atomic E-state index is 0.0439. The number of rotatable bonds is 3. The topological polar surface area (TPSA) is 84.7 Å². The Hall–Kier alpha value is -2.24. The second-order valence-corrected chi connectivity index (χ2v) is 7.05. The Morgan fingerprint density at radius 1 is 1.26 bits per heavy atom. The van der Waals surface area contributed by atoms with Crippen molar-refractivity contribution >= 4 is 12.1 Å². The first-order valence-electron chi connectivity index (χ1n) is 7.72. The van der Waals surface area contributed by atoms with E-state index in [0.29, 0.717) is 12.8 Å². The summed E-state index contributed by atoms with van der Waals surface area (Å²) in [6.45, 7) is 5.52. The Morgan fingerprint density at radius 2 is 1.83 bits per heavy atom. The van der Waals surface area contributed by atoms with Gasteiger partial charge in [-0.2, -0.15) is 0 Å². The van der Waals surface area contributed by atoms with Crippen LogP contribution in [0.1, 0.15) is 39.2 Å². The van der Waals surface area contributed by atoms with E-state index in [1.54, 1.807) is 11.9 Å². The number of hydrogen-bond acceptors (Lipinski definition) is 3. The molecule has 0 spiro atoms. The van der Waals surface area contributed by atoms with E-state index in [9.17, 15) is 9.59 Å². The summed E-state index contributed by atoms with van der Waals surface area (Å²) in [7, 11) is 1.74. The second kappa shape index (κ2) is 6.10. The van der Waals surface area contributed by atoms with Gasteiger partial charge in [0.05, 0.1) is 5.54 Å². The van der Waals surface area contributed by atoms with Gasteiger partial charge in [-0.25, -0.2) is 9.59 Å². The molecule has 3 amide bonds. The number of ether oxygens (including phenoxy) is 1. The lowest BCUT2D eigenvalue weighted by Crippen LogP contribution is -2.62. The van der Waals surface area contributed by atoms with E-state index in [1.807, 2.05) is 51.1 Å². The Balaban J connectivity index is 2.22. The highest BCUT2D eigenvalue weighted by Crippen LogP contribution is 2.46. The number of carbonyl (C=O) groups is 2. The molecule has 0 radical (unpaired) electrons. The quantitative estimate of drug-likeness (QED) is 0.898. The molecule has 0 heterocycles. The summed E-state index contributed by atoms with van der Waals surface area (Å²) in [5.74, 6) is 0. The molecular weight excluding hydrogens is 294 g/mol. The molecule has 3 N–H and O–H groups in total. The molecule has 1 aliphatic carbocycles. The van der Waals surface area contributed by atoms with Crippen molar-refractivity contribution in [2.24, 2.45) is 5.73 Å². The van der Waals surface area contributed by atoms with E-state index < -0.39 is 17.2 Å². The van der Waals surface area contributed by atoms with Gasteiger partial charge in [-0.15, -0.1) is 0 Å². The number of hydrogen-bond donors (Lipinski definition) is 2. The molecule has 6 nitrogen and oxygen atoms in total. The van der Waals surface area contributed by atoms with Crippen molar-refractivity contribution in [2.45, 2.75) is 50.8 Å². The zero-order valence-electron chi connectivity index (χ0n) is 14.1. The summed E-state index contributed by atoms with van der Waals surface area (Å²) in [5.41, 5.74) is 5.17. The smallest absolute Gasteiger partial charge is 0.410 e. The molecule has 0 unspecified atom stereocenters. The van der Waals surface area contributed by atoms with Crippen LogP contribution < -0.4 is 11.1 Å². The molecule has 126 valence electrons. The number of carbonyl (C=O) groups excluding carboxylic acids is 2. The third-order valence-corrected chi connectivity index (χ3v) is 4.14. The maximum absolute atomic E-state index is 12.5. The van der Waals surface area contributed by atoms with Crippen molar-refractivity contribution in [2.75, 3.05) is 7.05 Å². The molecule has 1 fully saturated rings. The van der Waals surface area contributed by atoms with Gasteiger partial charge in [0.25, 0.3) is 0 Å². The highest BCUT2D eigenvalue weighted by atomic mass is 16.6. The van der Waals surface area contributed by atoms with E-state index in [2.05, 4.69) is 5.32 Å². The zero-order chi connectivity index (χ0) is 17.3. The third kappa shape index (κ3) is 3.75. The largest absolute Gasteiger partial charge is 0.444 e. The number of primary amides is 1. The molecule has 0 bridgehead atoms. The monoisotopic (exact) mass is 319 g/mol. The van der Waals surface area contributed by atoms with Gasteiger partial charge in [-0.1, -0.05) is 30.3 Å². The van der Waals surface area contributed by atoms with Gasteiger partial charge in [-0.05, 0) is 39.2 Å². The Morgan fingerprint density at radius 3 is 2.30 bits per heavy atom. The zero-order valence-corrected chi connectivity index (χ0v) is 14.1. The van der Waals surface area contributed by atoms with Gasteiger partial charge in [0.15, 0.2) is 0 Å². The van der Waals surface area contributed by atoms with Crippen LogP contribution in [0.2, 0.25) is 0 Å². The Kier molecular flexibility index (Phi) is 4.54. The maximum atomic E-state index is 12.5. The first-order chi connectivity index (χ1) is 10.6. The average Bonchev–Trinajstić information content (AvgIpc) is 2.40. The van der Waals surface area contributed by atoms with Crippen molar-refractivity contribution in [3.8, 4) is 0 Å². The van der Waals surface area contributed by atoms with Crippen molar-refractivity contribution in [3.63, 3.8) is 0 Å². The molecule has 2 rings (SSSR count). The highest BCUT2D eigenvalue weighted by molar-refractivity contribution is 5.73. The molecule has 1 aromatic rings. The van der Waals surface area contributed by atoms with Crippen LogP contribution in [0.15, 0.2) is 30.3 Å². The molecule has 0 saturated heterocycles. The first-order valence-corrected chi connectivity index (χ1v) is 7.72. The molecule has 1 saturated carbocycles. The van der Waals surface area contributed by atoms with E-state index >= 15 is 0 Å². The normalized spacial score (nSPS) is 23.6. The van der Waals surface area contributed by atoms with Crippen molar-refractivity contribution in [1.82, 2.24) is 10.2 Å². The van der Waals surface area contributed by atoms with E-state index in [-0.39, 0.29) is 12.1 Å². The second-order valence-electron chi connectivity index (χ2n) is 7.05. The standard InChI is InChI=1S/C17H25N3O3/c1-16(2,3)23-15(22)20(4)17(12-8-6-5-7-9-12)10-13(11-17)19-14(18)21/h5-9,13H,10-11H2,1-4H3,(H3,18,19,21). The van der Waals surface area contributed by atoms with Crippen LogP contribution in [0.25, 0.3) is 0 Å². The van der Waals surface area contributed by atoms with Crippen LogP contribution >= 0.6 is 0 Å². The maximum Gasteiger partial charge on any atom is 0.410 e. The Labute approximate surface area is 137 Å². The lowest BCUT2D eigenvalue weighted by Gasteiger charge is -2.53. The molecule has 23 heavy (non-hydrogen) atoms. The van der Waals surface area contributed by atoms with Crippen molar-refractivity contribution < 1.29 is 14.3 Å². The first kappa shape index (κ1) is 17.1. The molecule has 1 aromatic carbocycles. The summed E-state index contributed by atoms with van der Waals surface area (Å²) >= 11 is 0. The number of nitrogens with two attached hydrogens (primary N) is 1. The Bertz CT molecular complexity index is 574. The van der Waals surface area contributed by atoms with Crippen LogP contribution in [0.3, 0.4) is 0 Å². The summed E-state index contributed by atoms with van der Waals surface area (Å²) in [6, 6.07) is 9.20. The van der Waals surface area contributed by atoms with Crippen LogP contribution in [0.5, 0.6) is 0 Å². The summed E-state index contributed by atoms with van der Waals surface area (Å²) in [4.78, 5) is 25.2. The van der Waals surface area contributed by atoms with Crippen LogP contribution in [-0.4, -0.2) is 35.7 Å². The van der Waals surface area contributed by atoms with E-state index in [4.69, 9.17) is 10.5 Å². The lowest BCUT2D eigenvalue weighted by atomic mass is 9.67. The van der Waals surface area contributed by atoms with Gasteiger partial charge in [0.1, 0.15) is 5.60 Å². The van der Waals surface area contributed by atoms with Gasteiger partial charge in [-0.3, -0.25) is 0 Å². The van der Waals surface area contributed by atoms with Gasteiger partial charge in [0, 0.05) is 13.1 Å². The predicted molar refractivity (Wildman–Crippen MR) is 87.9 cm³/mol. The molecule has 0 aromatic heterocycles. The number of amides is 3. The minimum Gasteiger partial charge on any atom is -0.444 e. The van der Waals surface area contributed by atoms with Crippen LogP contribution in [0, 0.1) is 0 Å². The van der Waals surface area contributed by atoms with E-state index in [0.717, 1.165) is 5.56 Å². The fourth-order valence-electron chi connectivity index (χ4n) is 3.02. The highest BCUT2D eigenvalue weighted by Gasteiger charge is 2.51. The number of nitrogens with one attached hydrogen (secondary N) is 1. The van der Waals surface area contributed by atoms with Crippen molar-refractivity contribution in [1.29, 1.82) is 0 Å². The molecule has 6 heteroatoms. The SMILES string of the molecule is CN(C(=O)OC(C)(C)C)C1(c2ccccc2)CC(NC(N)=O)C1. The molecule has 1 aliphatic rings. The number of benzene rings is 1. The summed E-state index contributed by atoms with van der Waals surface area (Å²) in [6.07, 6.45) is 0.838. The lowest BCUT2D eigenvalue weighted by molar-refractivity contribution is -0.0274. The fourth-order valence-corrected chi connectivity index (χ4v) is 3.02.